The lowest BCUT2D eigenvalue weighted by atomic mass is 9.30. The molecule has 5 nitrogen and oxygen atoms in total. The third-order valence-corrected chi connectivity index (χ3v) is 20.9. The molecule has 0 fully saturated rings. The van der Waals surface area contributed by atoms with Crippen molar-refractivity contribution < 1.29 is 4.42 Å². The van der Waals surface area contributed by atoms with Crippen molar-refractivity contribution in [3.05, 3.63) is 315 Å². The van der Waals surface area contributed by atoms with E-state index < -0.39 is 0 Å². The number of furan rings is 1. The predicted molar refractivity (Wildman–Crippen MR) is 391 cm³/mol. The highest BCUT2D eigenvalue weighted by Gasteiger charge is 2.50. The van der Waals surface area contributed by atoms with Crippen molar-refractivity contribution in [2.45, 2.75) is 0 Å². The zero-order valence-corrected chi connectivity index (χ0v) is 50.6. The molecule has 2 aromatic heterocycles. The SMILES string of the molecule is c1ccc(-c2ccccc2N2c3cc4c(cc3B3c5ccccc5N(c5ccccc5)c5c3c2cc2oc3ccccc3c52)B2c3ccccc3N(c3ccccc3)c3c2c(cc2sc5ccccc5c32)N4c2c(-c3ccccc3)cccc2-c2ccccc2)cc1. The van der Waals surface area contributed by atoms with Gasteiger partial charge in [0, 0.05) is 93.8 Å². The van der Waals surface area contributed by atoms with Crippen molar-refractivity contribution in [1.82, 2.24) is 0 Å². The maximum absolute atomic E-state index is 7.21. The van der Waals surface area contributed by atoms with E-state index in [0.29, 0.717) is 0 Å². The summed E-state index contributed by atoms with van der Waals surface area (Å²) >= 11 is 1.89. The number of anilines is 12. The summed E-state index contributed by atoms with van der Waals surface area (Å²) in [5.41, 5.74) is 29.6. The highest BCUT2D eigenvalue weighted by molar-refractivity contribution is 7.26. The molecular weight excluding hydrogens is 1130 g/mol. The fourth-order valence-electron chi connectivity index (χ4n) is 16.1. The van der Waals surface area contributed by atoms with Gasteiger partial charge < -0.3 is 24.0 Å². The van der Waals surface area contributed by atoms with Crippen LogP contribution in [0.25, 0.3) is 75.5 Å². The molecule has 0 radical (unpaired) electrons. The first kappa shape index (κ1) is 51.3. The van der Waals surface area contributed by atoms with Crippen molar-refractivity contribution in [2.75, 3.05) is 19.6 Å². The van der Waals surface area contributed by atoms with Gasteiger partial charge in [0.05, 0.1) is 28.1 Å². The number of rotatable bonds is 7. The van der Waals surface area contributed by atoms with Crippen molar-refractivity contribution in [1.29, 1.82) is 0 Å². The molecule has 14 aromatic carbocycles. The minimum atomic E-state index is -0.219. The maximum Gasteiger partial charge on any atom is 0.252 e. The second kappa shape index (κ2) is 20.0. The first-order valence-electron chi connectivity index (χ1n) is 31.7. The van der Waals surface area contributed by atoms with Crippen molar-refractivity contribution >= 4 is 168 Å². The van der Waals surface area contributed by atoms with Crippen LogP contribution < -0.4 is 52.4 Å². The monoisotopic (exact) mass is 1190 g/mol. The molecule has 0 aliphatic carbocycles. The Labute approximate surface area is 537 Å². The van der Waals surface area contributed by atoms with Gasteiger partial charge in [-0.15, -0.1) is 11.3 Å². The molecule has 0 amide bonds. The summed E-state index contributed by atoms with van der Waals surface area (Å²) in [7, 11) is 0. The Morgan fingerprint density at radius 3 is 1.33 bits per heavy atom. The molecule has 6 heterocycles. The Morgan fingerprint density at radius 1 is 0.261 bits per heavy atom. The standard InChI is InChI=1S/C84H52B2N4OS/c1-6-27-53(28-7-1)58-37-16-21-44-67(58)89-70-50-71-66(49-65(70)85-63-42-19-22-45-68(63)87(56-33-12-4-13-34-56)83-78-61-38-17-24-47-74(61)91-75(78)51-72(89)80(83)85)86-64-43-20-23-46-69(64)88(57-35-14-5-15-36-57)84-79-62-39-18-25-48-76(62)92-77(79)52-73(81(84)86)90(71)82-59(54-29-8-2-9-30-54)40-26-41-60(82)55-31-10-3-11-32-55/h1-52H. The quantitative estimate of drug-likeness (QED) is 0.148. The predicted octanol–water partition coefficient (Wildman–Crippen LogP) is 19.1. The van der Waals surface area contributed by atoms with Crippen LogP contribution in [0.2, 0.25) is 0 Å². The van der Waals surface area contributed by atoms with E-state index in [0.717, 1.165) is 112 Å². The molecule has 92 heavy (non-hydrogen) atoms. The molecule has 426 valence electrons. The fourth-order valence-corrected chi connectivity index (χ4v) is 17.3. The van der Waals surface area contributed by atoms with Gasteiger partial charge in [-0.25, -0.2) is 0 Å². The number of hydrogen-bond donors (Lipinski definition) is 0. The lowest BCUT2D eigenvalue weighted by Crippen LogP contribution is -2.65. The van der Waals surface area contributed by atoms with Gasteiger partial charge in [0.25, 0.3) is 13.4 Å². The van der Waals surface area contributed by atoms with E-state index in [-0.39, 0.29) is 13.4 Å². The zero-order valence-electron chi connectivity index (χ0n) is 49.8. The van der Waals surface area contributed by atoms with E-state index in [9.17, 15) is 0 Å². The molecule has 4 aliphatic rings. The highest BCUT2D eigenvalue weighted by atomic mass is 32.1. The minimum absolute atomic E-state index is 0.203. The van der Waals surface area contributed by atoms with E-state index in [4.69, 9.17) is 4.42 Å². The maximum atomic E-state index is 7.21. The molecule has 8 heteroatoms. The molecule has 0 N–H and O–H groups in total. The van der Waals surface area contributed by atoms with Crippen LogP contribution in [0.1, 0.15) is 0 Å². The molecule has 0 bridgehead atoms. The Bertz CT molecular complexity index is 5640. The second-order valence-corrected chi connectivity index (χ2v) is 25.6. The van der Waals surface area contributed by atoms with Gasteiger partial charge in [-0.05, 0) is 116 Å². The normalized spacial score (nSPS) is 13.3. The molecule has 16 aromatic rings. The second-order valence-electron chi connectivity index (χ2n) is 24.5. The van der Waals surface area contributed by atoms with E-state index in [1.807, 2.05) is 11.3 Å². The number of nitrogens with zero attached hydrogens (tertiary/aromatic N) is 4. The van der Waals surface area contributed by atoms with Crippen LogP contribution in [0, 0.1) is 0 Å². The number of benzene rings is 14. The Hall–Kier alpha value is -11.6. The average Bonchev–Trinajstić information content (AvgIpc) is 1.00. The Kier molecular flexibility index (Phi) is 11.1. The summed E-state index contributed by atoms with van der Waals surface area (Å²) in [6.07, 6.45) is 0. The lowest BCUT2D eigenvalue weighted by Gasteiger charge is -2.48. The Morgan fingerprint density at radius 2 is 0.717 bits per heavy atom. The number of thiophene rings is 1. The number of fused-ring (bicyclic) bond motifs is 16. The van der Waals surface area contributed by atoms with Crippen LogP contribution in [-0.4, -0.2) is 13.4 Å². The summed E-state index contributed by atoms with van der Waals surface area (Å²) in [6.45, 7) is -0.422. The Balaban J connectivity index is 0.992. The van der Waals surface area contributed by atoms with E-state index >= 15 is 0 Å². The summed E-state index contributed by atoms with van der Waals surface area (Å²) < 4.78 is 9.71. The van der Waals surface area contributed by atoms with Crippen LogP contribution in [0.3, 0.4) is 0 Å². The summed E-state index contributed by atoms with van der Waals surface area (Å²) in [5, 5.41) is 4.73. The first-order valence-corrected chi connectivity index (χ1v) is 32.5. The van der Waals surface area contributed by atoms with Gasteiger partial charge in [-0.1, -0.05) is 243 Å². The highest BCUT2D eigenvalue weighted by Crippen LogP contribution is 2.56. The van der Waals surface area contributed by atoms with Crippen molar-refractivity contribution in [2.24, 2.45) is 0 Å². The molecule has 0 saturated heterocycles. The van der Waals surface area contributed by atoms with E-state index in [1.165, 1.54) is 64.3 Å². The van der Waals surface area contributed by atoms with Gasteiger partial charge in [0.15, 0.2) is 0 Å². The molecule has 0 unspecified atom stereocenters. The molecule has 0 saturated carbocycles. The first-order chi connectivity index (χ1) is 45.7. The molecule has 0 atom stereocenters. The molecular formula is C84H52B2N4OS. The topological polar surface area (TPSA) is 26.1 Å². The third kappa shape index (κ3) is 7.32. The fraction of sp³-hybridized carbons (Fsp3) is 0. The van der Waals surface area contributed by atoms with Crippen LogP contribution in [0.5, 0.6) is 0 Å². The van der Waals surface area contributed by atoms with Crippen molar-refractivity contribution in [3.8, 4) is 33.4 Å². The summed E-state index contributed by atoms with van der Waals surface area (Å²) in [5.74, 6) is 0. The molecule has 20 rings (SSSR count). The molecule has 4 aliphatic heterocycles. The summed E-state index contributed by atoms with van der Waals surface area (Å²) in [4.78, 5) is 10.4. The van der Waals surface area contributed by atoms with Crippen LogP contribution in [0.4, 0.5) is 68.2 Å². The van der Waals surface area contributed by atoms with Gasteiger partial charge in [0.2, 0.25) is 0 Å². The average molecular weight is 1190 g/mol. The minimum Gasteiger partial charge on any atom is -0.456 e. The van der Waals surface area contributed by atoms with E-state index in [1.54, 1.807) is 0 Å². The smallest absolute Gasteiger partial charge is 0.252 e. The largest absolute Gasteiger partial charge is 0.456 e. The number of hydrogen-bond acceptors (Lipinski definition) is 6. The van der Waals surface area contributed by atoms with Crippen LogP contribution in [-0.2, 0) is 0 Å². The zero-order chi connectivity index (χ0) is 60.1. The van der Waals surface area contributed by atoms with Crippen LogP contribution >= 0.6 is 11.3 Å². The molecule has 0 spiro atoms. The third-order valence-electron chi connectivity index (χ3n) is 19.8. The van der Waals surface area contributed by atoms with Gasteiger partial charge in [0.1, 0.15) is 11.2 Å². The van der Waals surface area contributed by atoms with Crippen LogP contribution in [0.15, 0.2) is 320 Å². The lowest BCUT2D eigenvalue weighted by molar-refractivity contribution is 0.669. The van der Waals surface area contributed by atoms with Crippen molar-refractivity contribution in [3.63, 3.8) is 0 Å². The van der Waals surface area contributed by atoms with Gasteiger partial charge >= 0.3 is 0 Å². The summed E-state index contributed by atoms with van der Waals surface area (Å²) in [6, 6.07) is 117. The number of para-hydroxylation sites is 7. The van der Waals surface area contributed by atoms with Gasteiger partial charge in [-0.2, -0.15) is 0 Å². The van der Waals surface area contributed by atoms with E-state index in [2.05, 4.69) is 335 Å². The van der Waals surface area contributed by atoms with Gasteiger partial charge in [-0.3, -0.25) is 0 Å².